The standard InChI is InChI=1S/C56H78B2F2N4O6/c1-13-17-21-25-29-55(30-26-22-18-14-2)35-33-37(57-65-51(5,6)52(7,8)66-57)47-49(63-69-61-47)39(35)41-43(55)45(59)42-40-36(56(44(42)46(41)60,31-27-23-19-15-3)32-28-24-20-16-4)34-38(48-50(40)64-70-62-48)58-67-53(9,10)54(11,12)68-58/h33-34H,13-32H2,1-12H3. The van der Waals surface area contributed by atoms with Crippen LogP contribution >= 0.6 is 0 Å². The van der Waals surface area contributed by atoms with Gasteiger partial charge in [-0.25, -0.2) is 18.0 Å². The number of halogens is 2. The van der Waals surface area contributed by atoms with Crippen molar-refractivity contribution in [3.8, 4) is 22.3 Å². The average molecular weight is 963 g/mol. The number of fused-ring (bicyclic) bond motifs is 10. The van der Waals surface area contributed by atoms with Crippen LogP contribution in [0.25, 0.3) is 44.3 Å². The number of hydrogen-bond acceptors (Lipinski definition) is 10. The molecule has 4 heterocycles. The number of rotatable bonds is 22. The molecule has 5 aromatic rings. The van der Waals surface area contributed by atoms with Crippen LogP contribution in [-0.2, 0) is 29.4 Å². The van der Waals surface area contributed by atoms with Gasteiger partial charge in [0.25, 0.3) is 0 Å². The smallest absolute Gasteiger partial charge is 0.399 e. The van der Waals surface area contributed by atoms with Gasteiger partial charge in [-0.05, 0) is 103 Å². The van der Waals surface area contributed by atoms with Gasteiger partial charge >= 0.3 is 14.2 Å². The van der Waals surface area contributed by atoms with E-state index in [1.165, 1.54) is 0 Å². The Bertz CT molecular complexity index is 2490. The minimum absolute atomic E-state index is 0.290. The van der Waals surface area contributed by atoms with Crippen molar-refractivity contribution >= 4 is 47.2 Å². The van der Waals surface area contributed by atoms with Crippen molar-refractivity contribution in [2.24, 2.45) is 0 Å². The maximum atomic E-state index is 19.7. The van der Waals surface area contributed by atoms with Crippen LogP contribution in [0.5, 0.6) is 0 Å². The Balaban J connectivity index is 1.38. The molecule has 10 nitrogen and oxygen atoms in total. The maximum Gasteiger partial charge on any atom is 0.497 e. The van der Waals surface area contributed by atoms with Gasteiger partial charge in [0, 0.05) is 55.1 Å². The van der Waals surface area contributed by atoms with E-state index in [0.29, 0.717) is 92.1 Å². The summed E-state index contributed by atoms with van der Waals surface area (Å²) in [6.07, 6.45) is 18.1. The predicted octanol–water partition coefficient (Wildman–Crippen LogP) is 14.1. The van der Waals surface area contributed by atoms with Crippen molar-refractivity contribution in [1.82, 2.24) is 20.6 Å². The molecule has 0 amide bonds. The molecule has 378 valence electrons. The molecule has 2 fully saturated rings. The highest BCUT2D eigenvalue weighted by Gasteiger charge is 2.59. The Morgan fingerprint density at radius 3 is 0.971 bits per heavy atom. The molecule has 3 aromatic carbocycles. The van der Waals surface area contributed by atoms with Gasteiger partial charge in [-0.15, -0.1) is 0 Å². The van der Waals surface area contributed by atoms with Gasteiger partial charge < -0.3 is 18.6 Å². The summed E-state index contributed by atoms with van der Waals surface area (Å²) in [5, 5.41) is 18.3. The first-order chi connectivity index (χ1) is 33.4. The molecule has 0 saturated carbocycles. The summed E-state index contributed by atoms with van der Waals surface area (Å²) >= 11 is 0. The van der Waals surface area contributed by atoms with Gasteiger partial charge in [-0.2, -0.15) is 0 Å². The number of hydrogen-bond donors (Lipinski definition) is 0. The molecule has 14 heteroatoms. The maximum absolute atomic E-state index is 19.7. The predicted molar refractivity (Wildman–Crippen MR) is 276 cm³/mol. The SMILES string of the molecule is CCCCCCC1(CCCCCC)c2cc(B3OC(C)(C)C(C)(C)O3)c3nonc3c2-c2c(F)c3c(c(F)c21)-c1c(cc(B2OC(C)(C)C(C)(C)O2)c2nonc12)C3(CCCCCC)CCCCCC. The quantitative estimate of drug-likeness (QED) is 0.0490. The second-order valence-corrected chi connectivity index (χ2v) is 23.4. The second-order valence-electron chi connectivity index (χ2n) is 23.4. The largest absolute Gasteiger partial charge is 0.497 e. The van der Waals surface area contributed by atoms with E-state index < -0.39 is 59.1 Å². The zero-order chi connectivity index (χ0) is 50.0. The van der Waals surface area contributed by atoms with Crippen molar-refractivity contribution in [3.05, 3.63) is 46.0 Å². The Kier molecular flexibility index (Phi) is 14.1. The minimum Gasteiger partial charge on any atom is -0.399 e. The summed E-state index contributed by atoms with van der Waals surface area (Å²) in [6.45, 7) is 25.0. The van der Waals surface area contributed by atoms with Crippen molar-refractivity contribution in [2.45, 2.75) is 245 Å². The molecular weight excluding hydrogens is 884 g/mol. The van der Waals surface area contributed by atoms with Gasteiger partial charge in [0.15, 0.2) is 0 Å². The highest BCUT2D eigenvalue weighted by Crippen LogP contribution is 2.65. The first kappa shape index (κ1) is 51.2. The molecule has 2 aliphatic heterocycles. The van der Waals surface area contributed by atoms with Crippen LogP contribution in [0.1, 0.15) is 234 Å². The summed E-state index contributed by atoms with van der Waals surface area (Å²) in [4.78, 5) is 0. The second kappa shape index (κ2) is 19.3. The molecule has 70 heavy (non-hydrogen) atoms. The number of aromatic nitrogens is 4. The lowest BCUT2D eigenvalue weighted by Crippen LogP contribution is -2.41. The molecule has 0 bridgehead atoms. The minimum atomic E-state index is -0.922. The number of unbranched alkanes of at least 4 members (excludes halogenated alkanes) is 12. The van der Waals surface area contributed by atoms with E-state index in [0.717, 1.165) is 114 Å². The summed E-state index contributed by atoms with van der Waals surface area (Å²) < 4.78 is 77.7. The lowest BCUT2D eigenvalue weighted by atomic mass is 9.66. The third kappa shape index (κ3) is 8.10. The highest BCUT2D eigenvalue weighted by molar-refractivity contribution is 6.65. The van der Waals surface area contributed by atoms with Crippen LogP contribution in [0.2, 0.25) is 0 Å². The molecule has 9 rings (SSSR count). The van der Waals surface area contributed by atoms with Crippen LogP contribution in [0, 0.1) is 11.6 Å². The molecule has 2 aromatic heterocycles. The topological polar surface area (TPSA) is 115 Å². The van der Waals surface area contributed by atoms with E-state index in [2.05, 4.69) is 60.5 Å². The third-order valence-electron chi connectivity index (χ3n) is 17.8. The lowest BCUT2D eigenvalue weighted by Gasteiger charge is -2.35. The van der Waals surface area contributed by atoms with Crippen molar-refractivity contribution in [1.29, 1.82) is 0 Å². The van der Waals surface area contributed by atoms with Gasteiger partial charge in [0.05, 0.1) is 22.4 Å². The Hall–Kier alpha value is -3.71. The van der Waals surface area contributed by atoms with Gasteiger partial charge in [-0.3, -0.25) is 0 Å². The molecule has 4 aliphatic rings. The molecule has 0 spiro atoms. The van der Waals surface area contributed by atoms with Crippen molar-refractivity contribution < 1.29 is 36.7 Å². The van der Waals surface area contributed by atoms with E-state index in [1.54, 1.807) is 0 Å². The normalized spacial score (nSPS) is 19.7. The van der Waals surface area contributed by atoms with E-state index >= 15 is 8.78 Å². The zero-order valence-corrected chi connectivity index (χ0v) is 44.4. The van der Waals surface area contributed by atoms with Crippen LogP contribution in [0.4, 0.5) is 8.78 Å². The molecular formula is C56H78B2F2N4O6. The highest BCUT2D eigenvalue weighted by atomic mass is 19.1. The summed E-state index contributed by atoms with van der Waals surface area (Å²) in [6, 6.07) is 4.20. The first-order valence-electron chi connectivity index (χ1n) is 27.2. The number of nitrogens with zero attached hydrogens (tertiary/aromatic N) is 4. The van der Waals surface area contributed by atoms with Crippen molar-refractivity contribution in [3.63, 3.8) is 0 Å². The van der Waals surface area contributed by atoms with Crippen LogP contribution < -0.4 is 10.9 Å². The molecule has 0 N–H and O–H groups in total. The van der Waals surface area contributed by atoms with Gasteiger partial charge in [0.1, 0.15) is 33.7 Å². The van der Waals surface area contributed by atoms with Crippen LogP contribution in [-0.4, -0.2) is 57.3 Å². The molecule has 2 saturated heterocycles. The van der Waals surface area contributed by atoms with Crippen LogP contribution in [0.15, 0.2) is 21.4 Å². The Morgan fingerprint density at radius 2 is 0.686 bits per heavy atom. The first-order valence-corrected chi connectivity index (χ1v) is 27.2. The van der Waals surface area contributed by atoms with Crippen LogP contribution in [0.3, 0.4) is 0 Å². The van der Waals surface area contributed by atoms with E-state index in [1.807, 2.05) is 55.4 Å². The number of benzene rings is 3. The monoisotopic (exact) mass is 963 g/mol. The zero-order valence-electron chi connectivity index (χ0n) is 44.4. The average Bonchev–Trinajstić information content (AvgIpc) is 4.15. The Labute approximate surface area is 416 Å². The fraction of sp³-hybridized carbons (Fsp3) is 0.679. The summed E-state index contributed by atoms with van der Waals surface area (Å²) in [5.74, 6) is -0.790. The lowest BCUT2D eigenvalue weighted by molar-refractivity contribution is 0.00578. The fourth-order valence-electron chi connectivity index (χ4n) is 12.5. The molecule has 0 atom stereocenters. The summed E-state index contributed by atoms with van der Waals surface area (Å²) in [7, 11) is -1.61. The van der Waals surface area contributed by atoms with E-state index in [9.17, 15) is 0 Å². The molecule has 2 aliphatic carbocycles. The van der Waals surface area contributed by atoms with E-state index in [4.69, 9.17) is 27.9 Å². The molecule has 0 radical (unpaired) electrons. The fourth-order valence-corrected chi connectivity index (χ4v) is 12.5. The third-order valence-corrected chi connectivity index (χ3v) is 17.8. The van der Waals surface area contributed by atoms with Crippen molar-refractivity contribution in [2.75, 3.05) is 0 Å². The molecule has 0 unspecified atom stereocenters. The Morgan fingerprint density at radius 1 is 0.400 bits per heavy atom. The van der Waals surface area contributed by atoms with Gasteiger partial charge in [0.2, 0.25) is 0 Å². The van der Waals surface area contributed by atoms with Gasteiger partial charge in [-0.1, -0.05) is 153 Å². The van der Waals surface area contributed by atoms with E-state index in [-0.39, 0.29) is 0 Å². The summed E-state index contributed by atoms with van der Waals surface area (Å²) in [5.41, 5.74) is 2.84.